The van der Waals surface area contributed by atoms with Crippen molar-refractivity contribution in [2.24, 2.45) is 5.41 Å². The van der Waals surface area contributed by atoms with E-state index in [0.717, 1.165) is 26.3 Å². The van der Waals surface area contributed by atoms with E-state index < -0.39 is 0 Å². The van der Waals surface area contributed by atoms with Crippen molar-refractivity contribution in [2.75, 3.05) is 32.8 Å². The minimum atomic E-state index is 0.333. The van der Waals surface area contributed by atoms with Crippen molar-refractivity contribution in [3.63, 3.8) is 0 Å². The van der Waals surface area contributed by atoms with E-state index in [0.29, 0.717) is 17.0 Å². The van der Waals surface area contributed by atoms with Crippen LogP contribution in [0.3, 0.4) is 0 Å². The fourth-order valence-electron chi connectivity index (χ4n) is 3.80. The van der Waals surface area contributed by atoms with Gasteiger partial charge in [0.1, 0.15) is 0 Å². The molecule has 0 radical (unpaired) electrons. The minimum Gasteiger partial charge on any atom is -0.380 e. The van der Waals surface area contributed by atoms with Gasteiger partial charge in [0.2, 0.25) is 0 Å². The molecule has 2 rings (SSSR count). The summed E-state index contributed by atoms with van der Waals surface area (Å²) in [5.41, 5.74) is 0.743. The van der Waals surface area contributed by atoms with Crippen LogP contribution in [0.2, 0.25) is 0 Å². The zero-order chi connectivity index (χ0) is 13.9. The van der Waals surface area contributed by atoms with E-state index in [1.54, 1.807) is 0 Å². The summed E-state index contributed by atoms with van der Waals surface area (Å²) in [6.07, 6.45) is 5.50. The van der Waals surface area contributed by atoms with E-state index in [9.17, 15) is 0 Å². The third-order valence-corrected chi connectivity index (χ3v) is 4.90. The SMILES string of the molecule is CCOCCN1CC2(CCCC2)NCC1C(C)(C)C. The van der Waals surface area contributed by atoms with E-state index in [-0.39, 0.29) is 0 Å². The van der Waals surface area contributed by atoms with E-state index in [4.69, 9.17) is 4.74 Å². The van der Waals surface area contributed by atoms with Crippen LogP contribution in [0.5, 0.6) is 0 Å². The second kappa shape index (κ2) is 6.11. The monoisotopic (exact) mass is 268 g/mol. The average molecular weight is 268 g/mol. The highest BCUT2D eigenvalue weighted by molar-refractivity contribution is 5.03. The Morgan fingerprint density at radius 1 is 1.26 bits per heavy atom. The third-order valence-electron chi connectivity index (χ3n) is 4.90. The van der Waals surface area contributed by atoms with Crippen molar-refractivity contribution in [2.45, 2.75) is 65.0 Å². The third kappa shape index (κ3) is 3.71. The molecular formula is C16H32N2O. The largest absolute Gasteiger partial charge is 0.380 e. The van der Waals surface area contributed by atoms with Gasteiger partial charge in [-0.2, -0.15) is 0 Å². The highest BCUT2D eigenvalue weighted by Gasteiger charge is 2.43. The molecule has 1 saturated heterocycles. The van der Waals surface area contributed by atoms with E-state index in [2.05, 4.69) is 37.9 Å². The van der Waals surface area contributed by atoms with Crippen LogP contribution in [0.1, 0.15) is 53.4 Å². The maximum absolute atomic E-state index is 5.59. The predicted molar refractivity (Wildman–Crippen MR) is 80.5 cm³/mol. The van der Waals surface area contributed by atoms with Gasteiger partial charge < -0.3 is 10.1 Å². The van der Waals surface area contributed by atoms with Crippen molar-refractivity contribution >= 4 is 0 Å². The van der Waals surface area contributed by atoms with Gasteiger partial charge in [-0.1, -0.05) is 33.6 Å². The van der Waals surface area contributed by atoms with Crippen molar-refractivity contribution in [1.82, 2.24) is 10.2 Å². The Bertz CT molecular complexity index is 279. The maximum Gasteiger partial charge on any atom is 0.0593 e. The van der Waals surface area contributed by atoms with E-state index in [1.165, 1.54) is 32.2 Å². The Hall–Kier alpha value is -0.120. The van der Waals surface area contributed by atoms with Gasteiger partial charge in [-0.3, -0.25) is 4.90 Å². The molecule has 112 valence electrons. The van der Waals surface area contributed by atoms with Gasteiger partial charge >= 0.3 is 0 Å². The fraction of sp³-hybridized carbons (Fsp3) is 1.00. The lowest BCUT2D eigenvalue weighted by atomic mass is 9.81. The Labute approximate surface area is 119 Å². The molecule has 1 unspecified atom stereocenters. The first-order valence-corrected chi connectivity index (χ1v) is 8.04. The average Bonchev–Trinajstić information content (AvgIpc) is 2.76. The van der Waals surface area contributed by atoms with Gasteiger partial charge in [-0.15, -0.1) is 0 Å². The summed E-state index contributed by atoms with van der Waals surface area (Å²) in [7, 11) is 0. The number of rotatable bonds is 4. The number of piperazine rings is 1. The van der Waals surface area contributed by atoms with Crippen molar-refractivity contribution in [1.29, 1.82) is 0 Å². The number of hydrogen-bond acceptors (Lipinski definition) is 3. The summed E-state index contributed by atoms with van der Waals surface area (Å²) in [5.74, 6) is 0. The normalized spacial score (nSPS) is 28.1. The molecule has 2 fully saturated rings. The van der Waals surface area contributed by atoms with Gasteiger partial charge in [0, 0.05) is 37.8 Å². The molecule has 1 heterocycles. The highest BCUT2D eigenvalue weighted by Crippen LogP contribution is 2.36. The van der Waals surface area contributed by atoms with E-state index in [1.807, 2.05) is 0 Å². The van der Waals surface area contributed by atoms with Gasteiger partial charge in [0.25, 0.3) is 0 Å². The molecule has 0 aromatic rings. The zero-order valence-electron chi connectivity index (χ0n) is 13.3. The Morgan fingerprint density at radius 3 is 2.53 bits per heavy atom. The smallest absolute Gasteiger partial charge is 0.0593 e. The molecular weight excluding hydrogens is 236 g/mol. The van der Waals surface area contributed by atoms with Crippen molar-refractivity contribution in [3.05, 3.63) is 0 Å². The molecule has 1 aliphatic heterocycles. The standard InChI is InChI=1S/C16H32N2O/c1-5-19-11-10-18-13-16(8-6-7-9-16)17-12-14(18)15(2,3)4/h14,17H,5-13H2,1-4H3. The topological polar surface area (TPSA) is 24.5 Å². The molecule has 0 aromatic heterocycles. The molecule has 3 nitrogen and oxygen atoms in total. The Kier molecular flexibility index (Phi) is 4.91. The minimum absolute atomic E-state index is 0.333. The molecule has 0 bridgehead atoms. The highest BCUT2D eigenvalue weighted by atomic mass is 16.5. The summed E-state index contributed by atoms with van der Waals surface area (Å²) in [6.45, 7) is 14.3. The van der Waals surface area contributed by atoms with E-state index >= 15 is 0 Å². The second-order valence-corrected chi connectivity index (χ2v) is 7.42. The Morgan fingerprint density at radius 2 is 1.95 bits per heavy atom. The molecule has 3 heteroatoms. The maximum atomic E-state index is 5.59. The molecule has 1 spiro atoms. The van der Waals surface area contributed by atoms with Gasteiger partial charge in [0.15, 0.2) is 0 Å². The summed E-state index contributed by atoms with van der Waals surface area (Å²) in [4.78, 5) is 2.69. The molecule has 0 amide bonds. The summed E-state index contributed by atoms with van der Waals surface area (Å²) in [5, 5.41) is 3.89. The number of hydrogen-bond donors (Lipinski definition) is 1. The number of nitrogens with one attached hydrogen (secondary N) is 1. The van der Waals surface area contributed by atoms with Gasteiger partial charge in [-0.05, 0) is 25.2 Å². The summed E-state index contributed by atoms with van der Waals surface area (Å²) >= 11 is 0. The molecule has 1 atom stereocenters. The lowest BCUT2D eigenvalue weighted by molar-refractivity contribution is 0.00332. The number of nitrogens with zero attached hydrogens (tertiary/aromatic N) is 1. The lowest BCUT2D eigenvalue weighted by Crippen LogP contribution is -2.66. The first-order chi connectivity index (χ1) is 8.97. The molecule has 1 saturated carbocycles. The van der Waals surface area contributed by atoms with Crippen molar-refractivity contribution < 1.29 is 4.74 Å². The van der Waals surface area contributed by atoms with Crippen LogP contribution in [-0.2, 0) is 4.74 Å². The Balaban J connectivity index is 2.00. The molecule has 19 heavy (non-hydrogen) atoms. The van der Waals surface area contributed by atoms with Crippen LogP contribution in [0, 0.1) is 5.41 Å². The van der Waals surface area contributed by atoms with Crippen LogP contribution in [-0.4, -0.2) is 49.3 Å². The van der Waals surface area contributed by atoms with Crippen LogP contribution >= 0.6 is 0 Å². The zero-order valence-corrected chi connectivity index (χ0v) is 13.3. The first-order valence-electron chi connectivity index (χ1n) is 8.04. The quantitative estimate of drug-likeness (QED) is 0.793. The molecule has 2 aliphatic rings. The first kappa shape index (κ1) is 15.3. The number of ether oxygens (including phenoxy) is 1. The second-order valence-electron chi connectivity index (χ2n) is 7.42. The summed E-state index contributed by atoms with van der Waals surface area (Å²) in [6, 6.07) is 0.624. The van der Waals surface area contributed by atoms with Gasteiger partial charge in [0.05, 0.1) is 6.61 Å². The van der Waals surface area contributed by atoms with Crippen LogP contribution < -0.4 is 5.32 Å². The van der Waals surface area contributed by atoms with Gasteiger partial charge in [-0.25, -0.2) is 0 Å². The van der Waals surface area contributed by atoms with Crippen LogP contribution in [0.15, 0.2) is 0 Å². The molecule has 1 N–H and O–H groups in total. The van der Waals surface area contributed by atoms with Crippen molar-refractivity contribution in [3.8, 4) is 0 Å². The van der Waals surface area contributed by atoms with Crippen LogP contribution in [0.4, 0.5) is 0 Å². The predicted octanol–water partition coefficient (Wildman–Crippen LogP) is 2.66. The summed E-state index contributed by atoms with van der Waals surface area (Å²) < 4.78 is 5.59. The van der Waals surface area contributed by atoms with Crippen LogP contribution in [0.25, 0.3) is 0 Å². The fourth-order valence-corrected chi connectivity index (χ4v) is 3.80. The lowest BCUT2D eigenvalue weighted by Gasteiger charge is -2.50. The molecule has 1 aliphatic carbocycles. The molecule has 0 aromatic carbocycles.